The Morgan fingerprint density at radius 3 is 2.27 bits per heavy atom. The van der Waals surface area contributed by atoms with Crippen LogP contribution in [0.5, 0.6) is 0 Å². The maximum absolute atomic E-state index is 3.57. The van der Waals surface area contributed by atoms with E-state index in [1.807, 2.05) is 6.07 Å². The standard InChI is InChI=1S/C21H22.U/c1-14(2)16-6-5-7-18(10-16)21-12-19-9-8-17(15(3)4)11-20(19)13-21;/h5-6,8-11,14-15H,13H2,1-4H3;/q-2;+2. The van der Waals surface area contributed by atoms with Gasteiger partial charge in [-0.25, -0.2) is 11.1 Å². The third-order valence-electron chi connectivity index (χ3n) is 4.27. The third-order valence-corrected chi connectivity index (χ3v) is 4.27. The number of allylic oxidation sites excluding steroid dienone is 1. The average molecular weight is 512 g/mol. The zero-order valence-corrected chi connectivity index (χ0v) is 18.0. The smallest absolute Gasteiger partial charge is 0.221 e. The Hall–Kier alpha value is -0.768. The molecule has 0 nitrogen and oxygen atoms in total. The minimum absolute atomic E-state index is 0. The molecule has 110 valence electrons. The van der Waals surface area contributed by atoms with Gasteiger partial charge in [-0.15, -0.1) is 29.3 Å². The van der Waals surface area contributed by atoms with Crippen LogP contribution < -0.4 is 0 Å². The quantitative estimate of drug-likeness (QED) is 0.475. The van der Waals surface area contributed by atoms with Gasteiger partial charge in [-0.05, 0) is 11.8 Å². The fourth-order valence-corrected chi connectivity index (χ4v) is 2.82. The van der Waals surface area contributed by atoms with E-state index in [1.54, 1.807) is 0 Å². The van der Waals surface area contributed by atoms with Crippen LogP contribution in [0.3, 0.4) is 0 Å². The van der Waals surface area contributed by atoms with Crippen LogP contribution in [0.1, 0.15) is 67.3 Å². The molecule has 1 aliphatic rings. The van der Waals surface area contributed by atoms with Gasteiger partial charge >= 0.3 is 31.1 Å². The zero-order valence-electron chi connectivity index (χ0n) is 13.8. The van der Waals surface area contributed by atoms with Crippen LogP contribution in [0.2, 0.25) is 0 Å². The van der Waals surface area contributed by atoms with Crippen molar-refractivity contribution in [1.29, 1.82) is 0 Å². The predicted molar refractivity (Wildman–Crippen MR) is 89.4 cm³/mol. The van der Waals surface area contributed by atoms with Crippen LogP contribution >= 0.6 is 0 Å². The Kier molecular flexibility index (Phi) is 5.76. The molecule has 22 heavy (non-hydrogen) atoms. The largest absolute Gasteiger partial charge is 2.00 e. The summed E-state index contributed by atoms with van der Waals surface area (Å²) >= 11 is 0. The summed E-state index contributed by atoms with van der Waals surface area (Å²) in [6.07, 6.45) is 4.55. The molecule has 3 rings (SSSR count). The van der Waals surface area contributed by atoms with E-state index in [9.17, 15) is 0 Å². The van der Waals surface area contributed by atoms with E-state index in [-0.39, 0.29) is 31.1 Å². The molecule has 0 fully saturated rings. The van der Waals surface area contributed by atoms with Gasteiger partial charge in [0.1, 0.15) is 0 Å². The minimum atomic E-state index is 0. The second-order valence-electron chi connectivity index (χ2n) is 6.54. The Labute approximate surface area is 158 Å². The first-order valence-electron chi connectivity index (χ1n) is 7.82. The Bertz CT molecular complexity index is 693. The number of hydrogen-bond acceptors (Lipinski definition) is 0. The number of rotatable bonds is 3. The molecule has 0 unspecified atom stereocenters. The molecular weight excluding hydrogens is 490 g/mol. The van der Waals surface area contributed by atoms with E-state index >= 15 is 0 Å². The number of hydrogen-bond donors (Lipinski definition) is 0. The van der Waals surface area contributed by atoms with Gasteiger partial charge in [-0.2, -0.15) is 29.8 Å². The molecule has 0 aromatic heterocycles. The van der Waals surface area contributed by atoms with E-state index in [2.05, 4.69) is 70.2 Å². The van der Waals surface area contributed by atoms with Gasteiger partial charge in [0.05, 0.1) is 0 Å². The van der Waals surface area contributed by atoms with Crippen molar-refractivity contribution >= 4 is 5.57 Å². The molecule has 0 bridgehead atoms. The first-order chi connectivity index (χ1) is 10.0. The SMILES string of the molecule is CC(C)c1cc[c-]c(C2=[C-]c3ccc(C(C)C)cc3C2)c1.[U+2]. The van der Waals surface area contributed by atoms with Crippen molar-refractivity contribution in [3.05, 3.63) is 76.4 Å². The molecule has 1 aliphatic carbocycles. The van der Waals surface area contributed by atoms with Crippen molar-refractivity contribution in [1.82, 2.24) is 0 Å². The molecule has 0 saturated heterocycles. The second kappa shape index (κ2) is 7.20. The molecule has 0 N–H and O–H groups in total. The van der Waals surface area contributed by atoms with E-state index in [4.69, 9.17) is 0 Å². The van der Waals surface area contributed by atoms with E-state index < -0.39 is 0 Å². The monoisotopic (exact) mass is 512 g/mol. The molecule has 2 aromatic rings. The van der Waals surface area contributed by atoms with Gasteiger partial charge in [0.25, 0.3) is 0 Å². The zero-order chi connectivity index (χ0) is 15.0. The van der Waals surface area contributed by atoms with Crippen LogP contribution in [-0.2, 0) is 6.42 Å². The summed E-state index contributed by atoms with van der Waals surface area (Å²) in [6, 6.07) is 16.6. The third kappa shape index (κ3) is 3.58. The average Bonchev–Trinajstić information content (AvgIpc) is 2.90. The van der Waals surface area contributed by atoms with Crippen LogP contribution in [0.25, 0.3) is 5.57 Å². The molecule has 1 heteroatoms. The molecule has 0 heterocycles. The van der Waals surface area contributed by atoms with Gasteiger partial charge in [0, 0.05) is 0 Å². The van der Waals surface area contributed by atoms with Gasteiger partial charge < -0.3 is 0 Å². The van der Waals surface area contributed by atoms with Crippen molar-refractivity contribution in [3.8, 4) is 0 Å². The predicted octanol–water partition coefficient (Wildman–Crippen LogP) is 5.52. The second-order valence-corrected chi connectivity index (χ2v) is 6.54. The molecule has 2 aromatic carbocycles. The van der Waals surface area contributed by atoms with Crippen molar-refractivity contribution in [2.24, 2.45) is 0 Å². The van der Waals surface area contributed by atoms with Crippen molar-refractivity contribution in [2.75, 3.05) is 0 Å². The molecule has 0 atom stereocenters. The van der Waals surface area contributed by atoms with Gasteiger partial charge in [0.2, 0.25) is 0 Å². The van der Waals surface area contributed by atoms with Gasteiger partial charge in [-0.1, -0.05) is 45.7 Å². The first kappa shape index (κ1) is 17.6. The maximum atomic E-state index is 3.57. The van der Waals surface area contributed by atoms with E-state index in [1.165, 1.54) is 33.4 Å². The van der Waals surface area contributed by atoms with Crippen molar-refractivity contribution in [3.63, 3.8) is 0 Å². The summed E-state index contributed by atoms with van der Waals surface area (Å²) in [5.41, 5.74) is 7.91. The number of fused-ring (bicyclic) bond motifs is 1. The van der Waals surface area contributed by atoms with Crippen LogP contribution in [-0.4, -0.2) is 0 Å². The number of benzene rings is 2. The molecule has 0 saturated carbocycles. The summed E-state index contributed by atoms with van der Waals surface area (Å²) in [4.78, 5) is 0. The first-order valence-corrected chi connectivity index (χ1v) is 7.82. The molecular formula is C21H22U. The normalized spacial score (nSPS) is 13.1. The Morgan fingerprint density at radius 2 is 1.59 bits per heavy atom. The summed E-state index contributed by atoms with van der Waals surface area (Å²) in [7, 11) is 0. The molecule has 0 aliphatic heterocycles. The minimum Gasteiger partial charge on any atom is -0.221 e. The fraction of sp³-hybridized carbons (Fsp3) is 0.333. The van der Waals surface area contributed by atoms with Gasteiger partial charge in [0.15, 0.2) is 0 Å². The van der Waals surface area contributed by atoms with Crippen LogP contribution in [0.15, 0.2) is 36.4 Å². The summed E-state index contributed by atoms with van der Waals surface area (Å²) < 4.78 is 0. The maximum Gasteiger partial charge on any atom is 2.00 e. The Balaban J connectivity index is 0.00000176. The molecule has 0 spiro atoms. The van der Waals surface area contributed by atoms with Crippen molar-refractivity contribution < 1.29 is 31.1 Å². The summed E-state index contributed by atoms with van der Waals surface area (Å²) in [5, 5.41) is 0. The van der Waals surface area contributed by atoms with E-state index in [0.29, 0.717) is 11.8 Å². The van der Waals surface area contributed by atoms with Crippen molar-refractivity contribution in [2.45, 2.75) is 46.0 Å². The molecule has 0 radical (unpaired) electrons. The summed E-state index contributed by atoms with van der Waals surface area (Å²) in [5.74, 6) is 1.13. The topological polar surface area (TPSA) is 0 Å². The van der Waals surface area contributed by atoms with E-state index in [0.717, 1.165) is 6.42 Å². The van der Waals surface area contributed by atoms with Crippen LogP contribution in [0, 0.1) is 43.3 Å². The van der Waals surface area contributed by atoms with Crippen LogP contribution in [0.4, 0.5) is 0 Å². The van der Waals surface area contributed by atoms with Gasteiger partial charge in [-0.3, -0.25) is 0 Å². The molecule has 0 amide bonds. The summed E-state index contributed by atoms with van der Waals surface area (Å²) in [6.45, 7) is 8.95. The Morgan fingerprint density at radius 1 is 0.909 bits per heavy atom. The fourth-order valence-electron chi connectivity index (χ4n) is 2.82.